The number of sulfonamides is 1. The first-order valence-electron chi connectivity index (χ1n) is 9.14. The summed E-state index contributed by atoms with van der Waals surface area (Å²) < 4.78 is 27.4. The number of carbonyl (C=O) groups is 1. The molecule has 2 aromatic carbocycles. The minimum absolute atomic E-state index is 0.0430. The number of piperidine rings is 1. The van der Waals surface area contributed by atoms with Gasteiger partial charge in [-0.15, -0.1) is 0 Å². The Morgan fingerprint density at radius 3 is 2.42 bits per heavy atom. The molecule has 1 amide bonds. The third-order valence-corrected chi connectivity index (χ3v) is 6.76. The first-order chi connectivity index (χ1) is 12.4. The predicted octanol–water partition coefficient (Wildman–Crippen LogP) is 3.01. The molecule has 0 radical (unpaired) electrons. The van der Waals surface area contributed by atoms with Gasteiger partial charge in [0.2, 0.25) is 15.9 Å². The fourth-order valence-electron chi connectivity index (χ4n) is 3.28. The van der Waals surface area contributed by atoms with Crippen LogP contribution in [-0.4, -0.2) is 38.3 Å². The summed E-state index contributed by atoms with van der Waals surface area (Å²) in [6, 6.07) is 13.0. The van der Waals surface area contributed by atoms with E-state index in [0.29, 0.717) is 43.3 Å². The zero-order chi connectivity index (χ0) is 18.7. The van der Waals surface area contributed by atoms with E-state index in [9.17, 15) is 13.2 Å². The Morgan fingerprint density at radius 1 is 1.12 bits per heavy atom. The molecule has 5 nitrogen and oxygen atoms in total. The van der Waals surface area contributed by atoms with Crippen molar-refractivity contribution in [3.8, 4) is 0 Å². The molecule has 1 heterocycles. The SMILES string of the molecule is CC(C)CNC(=O)C1CCN(S(=O)(=O)c2ccc3ccccc3c2)CC1. The van der Waals surface area contributed by atoms with Crippen molar-refractivity contribution in [3.05, 3.63) is 42.5 Å². The Balaban J connectivity index is 1.68. The first-order valence-corrected chi connectivity index (χ1v) is 10.6. The lowest BCUT2D eigenvalue weighted by Gasteiger charge is -2.30. The van der Waals surface area contributed by atoms with E-state index in [0.717, 1.165) is 10.8 Å². The van der Waals surface area contributed by atoms with Gasteiger partial charge in [0.15, 0.2) is 0 Å². The van der Waals surface area contributed by atoms with E-state index >= 15 is 0 Å². The maximum Gasteiger partial charge on any atom is 0.243 e. The summed E-state index contributed by atoms with van der Waals surface area (Å²) in [6.07, 6.45) is 1.13. The van der Waals surface area contributed by atoms with E-state index in [1.165, 1.54) is 4.31 Å². The quantitative estimate of drug-likeness (QED) is 0.875. The van der Waals surface area contributed by atoms with E-state index in [1.807, 2.05) is 30.3 Å². The molecule has 1 saturated heterocycles. The maximum absolute atomic E-state index is 12.9. The Morgan fingerprint density at radius 2 is 1.77 bits per heavy atom. The number of rotatable bonds is 5. The predicted molar refractivity (Wildman–Crippen MR) is 103 cm³/mol. The number of carbonyl (C=O) groups excluding carboxylic acids is 1. The first kappa shape index (κ1) is 18.9. The van der Waals surface area contributed by atoms with Gasteiger partial charge in [0.1, 0.15) is 0 Å². The van der Waals surface area contributed by atoms with Crippen molar-refractivity contribution in [2.75, 3.05) is 19.6 Å². The third-order valence-electron chi connectivity index (χ3n) is 4.87. The highest BCUT2D eigenvalue weighted by atomic mass is 32.2. The summed E-state index contributed by atoms with van der Waals surface area (Å²) in [6.45, 7) is 5.54. The van der Waals surface area contributed by atoms with Gasteiger partial charge in [-0.2, -0.15) is 4.31 Å². The summed E-state index contributed by atoms with van der Waals surface area (Å²) in [4.78, 5) is 12.5. The van der Waals surface area contributed by atoms with Gasteiger partial charge in [0.05, 0.1) is 4.90 Å². The molecule has 0 unspecified atom stereocenters. The lowest BCUT2D eigenvalue weighted by Crippen LogP contribution is -2.43. The summed E-state index contributed by atoms with van der Waals surface area (Å²) in [5, 5.41) is 4.88. The van der Waals surface area contributed by atoms with Crippen molar-refractivity contribution >= 4 is 26.7 Å². The van der Waals surface area contributed by atoms with Crippen LogP contribution in [0.4, 0.5) is 0 Å². The van der Waals surface area contributed by atoms with Crippen molar-refractivity contribution < 1.29 is 13.2 Å². The second-order valence-corrected chi connectivity index (χ2v) is 9.26. The molecular weight excluding hydrogens is 348 g/mol. The summed E-state index contributed by atoms with van der Waals surface area (Å²) in [7, 11) is -3.53. The molecule has 1 aliphatic rings. The van der Waals surface area contributed by atoms with Gasteiger partial charge < -0.3 is 5.32 Å². The Bertz CT molecular complexity index is 885. The van der Waals surface area contributed by atoms with Gasteiger partial charge in [-0.05, 0) is 41.7 Å². The molecule has 0 saturated carbocycles. The van der Waals surface area contributed by atoms with Gasteiger partial charge in [0, 0.05) is 25.6 Å². The largest absolute Gasteiger partial charge is 0.356 e. The fourth-order valence-corrected chi connectivity index (χ4v) is 4.79. The zero-order valence-electron chi connectivity index (χ0n) is 15.3. The van der Waals surface area contributed by atoms with Crippen LogP contribution in [0.5, 0.6) is 0 Å². The van der Waals surface area contributed by atoms with Crippen LogP contribution in [0.3, 0.4) is 0 Å². The van der Waals surface area contributed by atoms with Gasteiger partial charge in [0.25, 0.3) is 0 Å². The highest BCUT2D eigenvalue weighted by molar-refractivity contribution is 7.89. The van der Waals surface area contributed by atoms with Crippen LogP contribution < -0.4 is 5.32 Å². The standard InChI is InChI=1S/C20H26N2O3S/c1-15(2)14-21-20(23)17-9-11-22(12-10-17)26(24,25)19-8-7-16-5-3-4-6-18(16)13-19/h3-8,13,15,17H,9-12,14H2,1-2H3,(H,21,23). The fraction of sp³-hybridized carbons (Fsp3) is 0.450. The van der Waals surface area contributed by atoms with E-state index in [2.05, 4.69) is 19.2 Å². The molecule has 1 N–H and O–H groups in total. The van der Waals surface area contributed by atoms with Crippen LogP contribution in [0.15, 0.2) is 47.4 Å². The highest BCUT2D eigenvalue weighted by Gasteiger charge is 2.32. The molecular formula is C20H26N2O3S. The molecule has 140 valence electrons. The van der Waals surface area contributed by atoms with Crippen LogP contribution in [0.2, 0.25) is 0 Å². The Labute approximate surface area is 155 Å². The Hall–Kier alpha value is -1.92. The van der Waals surface area contributed by atoms with Crippen LogP contribution in [-0.2, 0) is 14.8 Å². The van der Waals surface area contributed by atoms with Crippen molar-refractivity contribution in [2.45, 2.75) is 31.6 Å². The number of fused-ring (bicyclic) bond motifs is 1. The smallest absolute Gasteiger partial charge is 0.243 e. The molecule has 0 aliphatic carbocycles. The van der Waals surface area contributed by atoms with Crippen molar-refractivity contribution in [2.24, 2.45) is 11.8 Å². The average Bonchev–Trinajstić information content (AvgIpc) is 2.65. The number of hydrogen-bond donors (Lipinski definition) is 1. The number of benzene rings is 2. The van der Waals surface area contributed by atoms with Crippen LogP contribution in [0, 0.1) is 11.8 Å². The van der Waals surface area contributed by atoms with E-state index in [1.54, 1.807) is 12.1 Å². The topological polar surface area (TPSA) is 66.5 Å². The molecule has 0 bridgehead atoms. The number of amides is 1. The molecule has 3 rings (SSSR count). The molecule has 0 atom stereocenters. The molecule has 26 heavy (non-hydrogen) atoms. The van der Waals surface area contributed by atoms with Gasteiger partial charge in [-0.3, -0.25) is 4.79 Å². The van der Waals surface area contributed by atoms with E-state index in [4.69, 9.17) is 0 Å². The lowest BCUT2D eigenvalue weighted by molar-refractivity contribution is -0.126. The molecule has 2 aromatic rings. The zero-order valence-corrected chi connectivity index (χ0v) is 16.1. The summed E-state index contributed by atoms with van der Waals surface area (Å²) in [5.41, 5.74) is 0. The molecule has 1 aliphatic heterocycles. The number of nitrogens with one attached hydrogen (secondary N) is 1. The van der Waals surface area contributed by atoms with Gasteiger partial charge in [-0.25, -0.2) is 8.42 Å². The van der Waals surface area contributed by atoms with Crippen molar-refractivity contribution in [3.63, 3.8) is 0 Å². The number of hydrogen-bond acceptors (Lipinski definition) is 3. The molecule has 0 spiro atoms. The summed E-state index contributed by atoms with van der Waals surface area (Å²) >= 11 is 0. The van der Waals surface area contributed by atoms with Gasteiger partial charge >= 0.3 is 0 Å². The molecule has 1 fully saturated rings. The highest BCUT2D eigenvalue weighted by Crippen LogP contribution is 2.26. The molecule has 0 aromatic heterocycles. The lowest BCUT2D eigenvalue weighted by atomic mass is 9.97. The third kappa shape index (κ3) is 4.07. The second-order valence-electron chi connectivity index (χ2n) is 7.33. The monoisotopic (exact) mass is 374 g/mol. The average molecular weight is 375 g/mol. The number of nitrogens with zero attached hydrogens (tertiary/aromatic N) is 1. The maximum atomic E-state index is 12.9. The van der Waals surface area contributed by atoms with Crippen LogP contribution >= 0.6 is 0 Å². The van der Waals surface area contributed by atoms with Crippen molar-refractivity contribution in [1.29, 1.82) is 0 Å². The Kier molecular flexibility index (Phi) is 5.63. The normalized spacial score (nSPS) is 16.9. The van der Waals surface area contributed by atoms with Crippen LogP contribution in [0.25, 0.3) is 10.8 Å². The van der Waals surface area contributed by atoms with Gasteiger partial charge in [-0.1, -0.05) is 44.2 Å². The molecule has 6 heteroatoms. The van der Waals surface area contributed by atoms with E-state index in [-0.39, 0.29) is 11.8 Å². The van der Waals surface area contributed by atoms with Crippen molar-refractivity contribution in [1.82, 2.24) is 9.62 Å². The van der Waals surface area contributed by atoms with E-state index < -0.39 is 10.0 Å². The second kappa shape index (κ2) is 7.76. The summed E-state index contributed by atoms with van der Waals surface area (Å²) in [5.74, 6) is 0.352. The minimum atomic E-state index is -3.53. The van der Waals surface area contributed by atoms with Crippen LogP contribution in [0.1, 0.15) is 26.7 Å². The minimum Gasteiger partial charge on any atom is -0.356 e.